The lowest BCUT2D eigenvalue weighted by molar-refractivity contribution is -0.119. The lowest BCUT2D eigenvalue weighted by atomic mass is 10.2. The van der Waals surface area contributed by atoms with E-state index in [1.807, 2.05) is 38.1 Å². The third kappa shape index (κ3) is 4.43. The number of nitrogens with zero attached hydrogens (tertiary/aromatic N) is 2. The molecule has 0 aliphatic rings. The summed E-state index contributed by atoms with van der Waals surface area (Å²) in [5.41, 5.74) is 0.923. The van der Waals surface area contributed by atoms with Gasteiger partial charge in [-0.2, -0.15) is 0 Å². The number of carbonyl (C=O) groups excluding carboxylic acids is 1. The maximum Gasteiger partial charge on any atom is 0.230 e. The standard InChI is InChI=1S/C16H21N3OS/c1-4-7-11(2)17-15(20)10-21-16-13-8-5-6-9-14(13)18-12(3)19-16/h5-6,8-9,11H,4,7,10H2,1-3H3,(H,17,20)/t11-/m1/s1. The Balaban J connectivity index is 2.05. The Hall–Kier alpha value is -1.62. The SMILES string of the molecule is CCC[C@@H](C)NC(=O)CSc1nc(C)nc2ccccc12. The average molecular weight is 303 g/mol. The van der Waals surface area contributed by atoms with Crippen LogP contribution in [0.25, 0.3) is 10.9 Å². The van der Waals surface area contributed by atoms with Crippen LogP contribution < -0.4 is 5.32 Å². The molecule has 0 saturated heterocycles. The maximum atomic E-state index is 11.9. The van der Waals surface area contributed by atoms with Gasteiger partial charge in [0.15, 0.2) is 0 Å². The van der Waals surface area contributed by atoms with Crippen molar-refractivity contribution >= 4 is 28.6 Å². The number of rotatable bonds is 6. The summed E-state index contributed by atoms with van der Waals surface area (Å²) in [6.45, 7) is 6.03. The number of nitrogens with one attached hydrogen (secondary N) is 1. The molecule has 2 aromatic rings. The minimum absolute atomic E-state index is 0.0568. The highest BCUT2D eigenvalue weighted by molar-refractivity contribution is 8.00. The van der Waals surface area contributed by atoms with E-state index >= 15 is 0 Å². The van der Waals surface area contributed by atoms with E-state index in [4.69, 9.17) is 0 Å². The first-order valence-corrected chi connectivity index (χ1v) is 8.24. The molecule has 5 heteroatoms. The molecule has 1 heterocycles. The van der Waals surface area contributed by atoms with Crippen molar-refractivity contribution in [1.29, 1.82) is 0 Å². The van der Waals surface area contributed by atoms with Crippen LogP contribution in [0, 0.1) is 6.92 Å². The van der Waals surface area contributed by atoms with Crippen LogP contribution in [0.4, 0.5) is 0 Å². The molecular weight excluding hydrogens is 282 g/mol. The van der Waals surface area contributed by atoms with Crippen LogP contribution in [0.3, 0.4) is 0 Å². The summed E-state index contributed by atoms with van der Waals surface area (Å²) in [4.78, 5) is 20.8. The van der Waals surface area contributed by atoms with Crippen molar-refractivity contribution in [2.75, 3.05) is 5.75 Å². The molecule has 21 heavy (non-hydrogen) atoms. The second-order valence-corrected chi connectivity index (χ2v) is 6.10. The predicted octanol–water partition coefficient (Wildman–Crippen LogP) is 3.34. The number of hydrogen-bond acceptors (Lipinski definition) is 4. The molecule has 1 N–H and O–H groups in total. The fraction of sp³-hybridized carbons (Fsp3) is 0.438. The van der Waals surface area contributed by atoms with Gasteiger partial charge in [0.1, 0.15) is 10.9 Å². The summed E-state index contributed by atoms with van der Waals surface area (Å²) in [5.74, 6) is 1.17. The molecule has 1 aromatic carbocycles. The lowest BCUT2D eigenvalue weighted by Gasteiger charge is -2.12. The van der Waals surface area contributed by atoms with Crippen molar-refractivity contribution in [3.05, 3.63) is 30.1 Å². The number of amides is 1. The fourth-order valence-electron chi connectivity index (χ4n) is 2.22. The molecule has 0 aliphatic heterocycles. The van der Waals surface area contributed by atoms with Crippen molar-refractivity contribution in [3.63, 3.8) is 0 Å². The van der Waals surface area contributed by atoms with Crippen LogP contribution >= 0.6 is 11.8 Å². The highest BCUT2D eigenvalue weighted by Crippen LogP contribution is 2.24. The van der Waals surface area contributed by atoms with Gasteiger partial charge < -0.3 is 5.32 Å². The zero-order valence-corrected chi connectivity index (χ0v) is 13.5. The number of aryl methyl sites for hydroxylation is 1. The van der Waals surface area contributed by atoms with E-state index in [0.29, 0.717) is 5.75 Å². The lowest BCUT2D eigenvalue weighted by Crippen LogP contribution is -2.33. The van der Waals surface area contributed by atoms with Crippen LogP contribution in [0.1, 0.15) is 32.5 Å². The van der Waals surface area contributed by atoms with Crippen LogP contribution in [-0.2, 0) is 4.79 Å². The number of thioether (sulfide) groups is 1. The summed E-state index contributed by atoms with van der Waals surface area (Å²) >= 11 is 1.47. The zero-order chi connectivity index (χ0) is 15.2. The molecule has 0 radical (unpaired) electrons. The summed E-state index contributed by atoms with van der Waals surface area (Å²) in [6, 6.07) is 8.12. The van der Waals surface area contributed by atoms with Gasteiger partial charge in [0, 0.05) is 11.4 Å². The van der Waals surface area contributed by atoms with E-state index in [1.54, 1.807) is 0 Å². The smallest absolute Gasteiger partial charge is 0.230 e. The molecule has 4 nitrogen and oxygen atoms in total. The van der Waals surface area contributed by atoms with Crippen LogP contribution in [0.2, 0.25) is 0 Å². The van der Waals surface area contributed by atoms with E-state index in [2.05, 4.69) is 22.2 Å². The highest BCUT2D eigenvalue weighted by Gasteiger charge is 2.10. The quantitative estimate of drug-likeness (QED) is 0.657. The first-order valence-electron chi connectivity index (χ1n) is 7.25. The molecule has 0 bridgehead atoms. The Kier molecular flexibility index (Phi) is 5.56. The van der Waals surface area contributed by atoms with Crippen molar-refractivity contribution in [2.45, 2.75) is 44.7 Å². The monoisotopic (exact) mass is 303 g/mol. The molecular formula is C16H21N3OS. The van der Waals surface area contributed by atoms with E-state index in [0.717, 1.165) is 34.6 Å². The predicted molar refractivity (Wildman–Crippen MR) is 87.5 cm³/mol. The number of aromatic nitrogens is 2. The molecule has 0 spiro atoms. The fourth-order valence-corrected chi connectivity index (χ4v) is 3.10. The van der Waals surface area contributed by atoms with Crippen molar-refractivity contribution in [3.8, 4) is 0 Å². The summed E-state index contributed by atoms with van der Waals surface area (Å²) in [7, 11) is 0. The topological polar surface area (TPSA) is 54.9 Å². The van der Waals surface area contributed by atoms with Gasteiger partial charge in [0.25, 0.3) is 0 Å². The van der Waals surface area contributed by atoms with Gasteiger partial charge in [-0.05, 0) is 26.3 Å². The van der Waals surface area contributed by atoms with Crippen LogP contribution in [0.15, 0.2) is 29.3 Å². The summed E-state index contributed by atoms with van der Waals surface area (Å²) in [6.07, 6.45) is 2.08. The number of para-hydroxylation sites is 1. The second-order valence-electron chi connectivity index (χ2n) is 5.14. The first kappa shape index (κ1) is 15.8. The van der Waals surface area contributed by atoms with Crippen molar-refractivity contribution in [2.24, 2.45) is 0 Å². The minimum atomic E-state index is 0.0568. The Bertz CT molecular complexity index is 630. The van der Waals surface area contributed by atoms with E-state index < -0.39 is 0 Å². The van der Waals surface area contributed by atoms with Gasteiger partial charge in [0.05, 0.1) is 11.3 Å². The van der Waals surface area contributed by atoms with Gasteiger partial charge in [-0.15, -0.1) is 0 Å². The molecule has 112 valence electrons. The largest absolute Gasteiger partial charge is 0.353 e. The van der Waals surface area contributed by atoms with Gasteiger partial charge in [-0.1, -0.05) is 43.3 Å². The number of hydrogen-bond donors (Lipinski definition) is 1. The summed E-state index contributed by atoms with van der Waals surface area (Å²) in [5, 5.41) is 4.88. The second kappa shape index (κ2) is 7.41. The van der Waals surface area contributed by atoms with E-state index in [-0.39, 0.29) is 11.9 Å². The van der Waals surface area contributed by atoms with E-state index in [9.17, 15) is 4.79 Å². The van der Waals surface area contributed by atoms with Gasteiger partial charge in [0.2, 0.25) is 5.91 Å². The number of carbonyl (C=O) groups is 1. The molecule has 2 rings (SSSR count). The molecule has 1 aromatic heterocycles. The number of benzene rings is 1. The summed E-state index contributed by atoms with van der Waals surface area (Å²) < 4.78 is 0. The number of fused-ring (bicyclic) bond motifs is 1. The normalized spacial score (nSPS) is 12.3. The van der Waals surface area contributed by atoms with Crippen LogP contribution in [0.5, 0.6) is 0 Å². The molecule has 1 atom stereocenters. The molecule has 0 unspecified atom stereocenters. The first-order chi connectivity index (χ1) is 10.1. The molecule has 1 amide bonds. The molecule has 0 fully saturated rings. The van der Waals surface area contributed by atoms with E-state index in [1.165, 1.54) is 11.8 Å². The Morgan fingerprint density at radius 2 is 2.10 bits per heavy atom. The maximum absolute atomic E-state index is 11.9. The molecule has 0 aliphatic carbocycles. The van der Waals surface area contributed by atoms with Gasteiger partial charge in [-0.25, -0.2) is 9.97 Å². The third-order valence-electron chi connectivity index (χ3n) is 3.15. The van der Waals surface area contributed by atoms with Gasteiger partial charge >= 0.3 is 0 Å². The third-order valence-corrected chi connectivity index (χ3v) is 4.14. The Morgan fingerprint density at radius 1 is 1.33 bits per heavy atom. The minimum Gasteiger partial charge on any atom is -0.353 e. The van der Waals surface area contributed by atoms with Gasteiger partial charge in [-0.3, -0.25) is 4.79 Å². The molecule has 0 saturated carbocycles. The Morgan fingerprint density at radius 3 is 2.86 bits per heavy atom. The Labute approximate surface area is 129 Å². The van der Waals surface area contributed by atoms with Crippen molar-refractivity contribution < 1.29 is 4.79 Å². The average Bonchev–Trinajstić information content (AvgIpc) is 2.44. The highest BCUT2D eigenvalue weighted by atomic mass is 32.2. The zero-order valence-electron chi connectivity index (χ0n) is 12.7. The van der Waals surface area contributed by atoms with Crippen molar-refractivity contribution in [1.82, 2.24) is 15.3 Å². The van der Waals surface area contributed by atoms with Crippen LogP contribution in [-0.4, -0.2) is 27.7 Å².